The molecule has 0 unspecified atom stereocenters. The van der Waals surface area contributed by atoms with Gasteiger partial charge >= 0.3 is 0 Å². The normalized spacial score (nSPS) is 29.9. The molecule has 1 saturated heterocycles. The Morgan fingerprint density at radius 2 is 1.72 bits per heavy atom. The number of aromatic nitrogens is 2. The second-order valence-corrected chi connectivity index (χ2v) is 13.0. The van der Waals surface area contributed by atoms with Crippen LogP contribution in [-0.2, 0) is 10.2 Å². The number of aliphatic hydroxyl groups excluding tert-OH is 1. The Balaban J connectivity index is 1.05. The molecule has 1 aromatic heterocycles. The number of aliphatic hydroxyl groups is 1. The van der Waals surface area contributed by atoms with Crippen LogP contribution in [0.25, 0.3) is 0 Å². The largest absolute Gasteiger partial charge is 0.393 e. The lowest BCUT2D eigenvalue weighted by Gasteiger charge is -2.38. The maximum absolute atomic E-state index is 12.3. The lowest BCUT2D eigenvalue weighted by atomic mass is 9.80. The number of hydrogen-bond acceptors (Lipinski definition) is 6. The molecular weight excluding hydrogens is 450 g/mol. The predicted molar refractivity (Wildman–Crippen MR) is 143 cm³/mol. The first kappa shape index (κ1) is 25.9. The predicted octanol–water partition coefficient (Wildman–Crippen LogP) is 4.00. The van der Waals surface area contributed by atoms with E-state index in [-0.39, 0.29) is 23.3 Å². The van der Waals surface area contributed by atoms with Gasteiger partial charge in [0, 0.05) is 61.2 Å². The van der Waals surface area contributed by atoms with Gasteiger partial charge in [0.1, 0.15) is 11.6 Å². The quantitative estimate of drug-likeness (QED) is 0.593. The summed E-state index contributed by atoms with van der Waals surface area (Å²) in [5, 5.41) is 12.7. The molecule has 0 spiro atoms. The number of nitrogens with one attached hydrogen (secondary N) is 1. The third-order valence-corrected chi connectivity index (χ3v) is 9.15. The highest BCUT2D eigenvalue weighted by Gasteiger charge is 2.34. The van der Waals surface area contributed by atoms with Crippen LogP contribution in [0.4, 0.5) is 5.82 Å². The molecule has 3 saturated carbocycles. The zero-order valence-corrected chi connectivity index (χ0v) is 22.7. The molecule has 4 aliphatic rings. The Bertz CT molecular complexity index is 889. The van der Waals surface area contributed by atoms with E-state index < -0.39 is 0 Å². The van der Waals surface area contributed by atoms with Gasteiger partial charge in [0.15, 0.2) is 0 Å². The highest BCUT2D eigenvalue weighted by Crippen LogP contribution is 2.37. The number of carbonyl (C=O) groups is 1. The summed E-state index contributed by atoms with van der Waals surface area (Å²) in [6.45, 7) is 12.1. The van der Waals surface area contributed by atoms with Gasteiger partial charge in [0.25, 0.3) is 0 Å². The first-order valence-corrected chi connectivity index (χ1v) is 14.6. The monoisotopic (exact) mass is 497 g/mol. The van der Waals surface area contributed by atoms with E-state index in [4.69, 9.17) is 9.97 Å². The number of carbonyl (C=O) groups excluding carboxylic acids is 1. The highest BCUT2D eigenvalue weighted by molar-refractivity contribution is 5.79. The fraction of sp³-hybridized carbons (Fsp3) is 0.828. The molecule has 36 heavy (non-hydrogen) atoms. The Labute approximate surface area is 217 Å². The summed E-state index contributed by atoms with van der Waals surface area (Å²) in [7, 11) is 0. The van der Waals surface area contributed by atoms with Crippen molar-refractivity contribution in [1.29, 1.82) is 0 Å². The molecule has 0 atom stereocenters. The van der Waals surface area contributed by atoms with Crippen molar-refractivity contribution in [3.8, 4) is 0 Å². The number of piperazine rings is 1. The van der Waals surface area contributed by atoms with Crippen molar-refractivity contribution in [2.45, 2.75) is 108 Å². The molecule has 4 fully saturated rings. The summed E-state index contributed by atoms with van der Waals surface area (Å²) in [6, 6.07) is 2.62. The molecule has 0 bridgehead atoms. The highest BCUT2D eigenvalue weighted by atomic mass is 16.3. The Kier molecular flexibility index (Phi) is 7.87. The molecule has 2 N–H and O–H groups in total. The summed E-state index contributed by atoms with van der Waals surface area (Å²) < 4.78 is 0. The maximum atomic E-state index is 12.3. The van der Waals surface area contributed by atoms with E-state index in [9.17, 15) is 9.90 Å². The number of nitrogens with zero attached hydrogens (tertiary/aromatic N) is 4. The van der Waals surface area contributed by atoms with Crippen molar-refractivity contribution in [1.82, 2.24) is 20.2 Å². The van der Waals surface area contributed by atoms with Gasteiger partial charge < -0.3 is 15.3 Å². The molecule has 3 aliphatic carbocycles. The minimum Gasteiger partial charge on any atom is -0.393 e. The molecule has 0 radical (unpaired) electrons. The average Bonchev–Trinajstić information content (AvgIpc) is 2.80. The Morgan fingerprint density at radius 3 is 2.31 bits per heavy atom. The number of rotatable bonds is 7. The van der Waals surface area contributed by atoms with E-state index in [1.807, 2.05) is 0 Å². The average molecular weight is 498 g/mol. The molecule has 7 nitrogen and oxygen atoms in total. The van der Waals surface area contributed by atoms with Crippen LogP contribution in [0.15, 0.2) is 6.07 Å². The molecule has 7 heteroatoms. The van der Waals surface area contributed by atoms with Crippen LogP contribution >= 0.6 is 0 Å². The standard InChI is InChI=1S/C29H47N5O2/c1-29(2,3)28-31-25(21-5-4-6-21)19-26(32-28)34-15-13-33(14-16-34)12-11-20-7-9-23(10-8-20)30-27(36)22-17-24(35)18-22/h19-24,35H,4-18H2,1-3H3,(H,30,36)/t20-,22-,23+,24+. The molecule has 1 aliphatic heterocycles. The topological polar surface area (TPSA) is 81.6 Å². The van der Waals surface area contributed by atoms with Gasteiger partial charge in [0.05, 0.1) is 6.10 Å². The van der Waals surface area contributed by atoms with Crippen LogP contribution in [0, 0.1) is 11.8 Å². The minimum absolute atomic E-state index is 0.0299. The Morgan fingerprint density at radius 1 is 1.03 bits per heavy atom. The summed E-state index contributed by atoms with van der Waals surface area (Å²) >= 11 is 0. The SMILES string of the molecule is CC(C)(C)c1nc(C2CCC2)cc(N2CCN(CC[C@H]3CC[C@@H](NC(=O)[C@H]4C[C@@H](O)C4)CC3)CC2)n1. The second kappa shape index (κ2) is 10.9. The molecule has 1 amide bonds. The second-order valence-electron chi connectivity index (χ2n) is 13.0. The van der Waals surface area contributed by atoms with Gasteiger partial charge in [-0.3, -0.25) is 9.69 Å². The maximum Gasteiger partial charge on any atom is 0.223 e. The third kappa shape index (κ3) is 6.21. The summed E-state index contributed by atoms with van der Waals surface area (Å²) in [4.78, 5) is 27.4. The fourth-order valence-electron chi connectivity index (χ4n) is 6.15. The van der Waals surface area contributed by atoms with Crippen molar-refractivity contribution >= 4 is 11.7 Å². The van der Waals surface area contributed by atoms with E-state index in [1.165, 1.54) is 50.8 Å². The van der Waals surface area contributed by atoms with Crippen LogP contribution in [0.3, 0.4) is 0 Å². The van der Waals surface area contributed by atoms with Crippen LogP contribution in [0.2, 0.25) is 0 Å². The van der Waals surface area contributed by atoms with Gasteiger partial charge in [-0.05, 0) is 70.3 Å². The number of hydrogen-bond donors (Lipinski definition) is 2. The molecule has 1 aromatic rings. The van der Waals surface area contributed by atoms with E-state index in [0.717, 1.165) is 56.6 Å². The van der Waals surface area contributed by atoms with E-state index in [0.29, 0.717) is 24.8 Å². The van der Waals surface area contributed by atoms with Gasteiger partial charge in [-0.2, -0.15) is 0 Å². The fourth-order valence-corrected chi connectivity index (χ4v) is 6.15. The van der Waals surface area contributed by atoms with Gasteiger partial charge in [-0.15, -0.1) is 0 Å². The molecule has 0 aromatic carbocycles. The van der Waals surface area contributed by atoms with Crippen molar-refractivity contribution < 1.29 is 9.90 Å². The lowest BCUT2D eigenvalue weighted by Crippen LogP contribution is -2.48. The van der Waals surface area contributed by atoms with Crippen molar-refractivity contribution in [2.75, 3.05) is 37.6 Å². The van der Waals surface area contributed by atoms with E-state index in [2.05, 4.69) is 42.0 Å². The Hall–Kier alpha value is -1.73. The third-order valence-electron chi connectivity index (χ3n) is 9.15. The molecule has 2 heterocycles. The number of amides is 1. The molecular formula is C29H47N5O2. The smallest absolute Gasteiger partial charge is 0.223 e. The zero-order valence-electron chi connectivity index (χ0n) is 22.7. The van der Waals surface area contributed by atoms with Crippen molar-refractivity contribution in [3.05, 3.63) is 17.6 Å². The van der Waals surface area contributed by atoms with Crippen molar-refractivity contribution in [3.63, 3.8) is 0 Å². The minimum atomic E-state index is -0.259. The first-order valence-electron chi connectivity index (χ1n) is 14.6. The van der Waals surface area contributed by atoms with E-state index >= 15 is 0 Å². The van der Waals surface area contributed by atoms with Gasteiger partial charge in [-0.1, -0.05) is 27.2 Å². The summed E-state index contributed by atoms with van der Waals surface area (Å²) in [6.07, 6.45) is 10.8. The van der Waals surface area contributed by atoms with Crippen molar-refractivity contribution in [2.24, 2.45) is 11.8 Å². The number of anilines is 1. The summed E-state index contributed by atoms with van der Waals surface area (Å²) in [5.74, 6) is 3.74. The van der Waals surface area contributed by atoms with Crippen LogP contribution in [0.1, 0.15) is 102 Å². The van der Waals surface area contributed by atoms with Crippen LogP contribution in [-0.4, -0.2) is 70.8 Å². The van der Waals surface area contributed by atoms with E-state index in [1.54, 1.807) is 0 Å². The first-order chi connectivity index (χ1) is 17.2. The van der Waals surface area contributed by atoms with Crippen LogP contribution in [0.5, 0.6) is 0 Å². The van der Waals surface area contributed by atoms with Crippen LogP contribution < -0.4 is 10.2 Å². The van der Waals surface area contributed by atoms with Gasteiger partial charge in [0.2, 0.25) is 5.91 Å². The summed E-state index contributed by atoms with van der Waals surface area (Å²) in [5.41, 5.74) is 1.23. The zero-order chi connectivity index (χ0) is 25.3. The van der Waals surface area contributed by atoms with Gasteiger partial charge in [-0.25, -0.2) is 9.97 Å². The molecule has 5 rings (SSSR count). The lowest BCUT2D eigenvalue weighted by molar-refractivity contribution is -0.132. The molecule has 200 valence electrons.